The SMILES string of the molecule is NC1=c2ncn([C@@H]3O[C@H](COP(=O)(O)OP(=O)(O)OP(=O)(O)O)[C@@H](O)[C@H]3O)c2=NCN1[C@@H]1O[C@H](CO)[C@@H](O)[C@@H]1F. The molecule has 1 aromatic rings. The highest BCUT2D eigenvalue weighted by atomic mass is 31.3. The molecule has 25 heteroatoms. The van der Waals surface area contributed by atoms with Gasteiger partial charge < -0.3 is 60.1 Å². The zero-order valence-electron chi connectivity index (χ0n) is 19.7. The molecule has 10 N–H and O–H groups in total. The van der Waals surface area contributed by atoms with Crippen molar-refractivity contribution in [1.82, 2.24) is 14.5 Å². The maximum Gasteiger partial charge on any atom is 0.490 e. The fourth-order valence-corrected chi connectivity index (χ4v) is 7.15. The van der Waals surface area contributed by atoms with E-state index in [1.165, 1.54) is 0 Å². The minimum Gasteiger partial charge on any atom is -0.394 e. The first-order valence-electron chi connectivity index (χ1n) is 11.0. The van der Waals surface area contributed by atoms with Crippen molar-refractivity contribution in [2.24, 2.45) is 10.7 Å². The molecule has 10 atom stereocenters. The number of nitrogens with zero attached hydrogens (tertiary/aromatic N) is 4. The number of phosphoric ester groups is 1. The third kappa shape index (κ3) is 6.47. The largest absolute Gasteiger partial charge is 0.490 e. The van der Waals surface area contributed by atoms with Gasteiger partial charge in [0.05, 0.1) is 19.5 Å². The second kappa shape index (κ2) is 11.3. The molecule has 0 aromatic carbocycles. The topological polar surface area (TPSA) is 319 Å². The van der Waals surface area contributed by atoms with Crippen LogP contribution in [0.1, 0.15) is 6.23 Å². The molecule has 0 aliphatic carbocycles. The molecule has 3 aliphatic rings. The van der Waals surface area contributed by atoms with Gasteiger partial charge in [0.1, 0.15) is 48.4 Å². The van der Waals surface area contributed by atoms with Crippen molar-refractivity contribution in [2.45, 2.75) is 49.1 Å². The molecule has 2 unspecified atom stereocenters. The van der Waals surface area contributed by atoms with E-state index in [0.717, 1.165) is 15.8 Å². The van der Waals surface area contributed by atoms with Crippen molar-refractivity contribution in [2.75, 3.05) is 19.9 Å². The van der Waals surface area contributed by atoms with E-state index in [2.05, 4.69) is 23.1 Å². The number of fused-ring (bicyclic) bond motifs is 1. The quantitative estimate of drug-likeness (QED) is 0.108. The maximum atomic E-state index is 14.6. The summed E-state index contributed by atoms with van der Waals surface area (Å²) in [6.45, 7) is -2.01. The highest BCUT2D eigenvalue weighted by Gasteiger charge is 2.49. The fourth-order valence-electron chi connectivity index (χ4n) is 4.12. The zero-order chi connectivity index (χ0) is 29.8. The summed E-state index contributed by atoms with van der Waals surface area (Å²) in [5.74, 6) is -0.139. The Morgan fingerprint density at radius 1 is 1.00 bits per heavy atom. The van der Waals surface area contributed by atoms with Gasteiger partial charge in [-0.15, -0.1) is 0 Å². The van der Waals surface area contributed by atoms with Crippen LogP contribution in [0, 0.1) is 0 Å². The first-order valence-corrected chi connectivity index (χ1v) is 15.5. The van der Waals surface area contributed by atoms with Crippen LogP contribution in [-0.4, -0.2) is 117 Å². The fraction of sp³-hybridized carbons (Fsp3) is 0.733. The van der Waals surface area contributed by atoms with Gasteiger partial charge in [-0.2, -0.15) is 8.62 Å². The molecular formula is C15H25FN5O16P3. The van der Waals surface area contributed by atoms with Gasteiger partial charge in [0.25, 0.3) is 0 Å². The molecule has 1 aromatic heterocycles. The average Bonchev–Trinajstić information content (AvgIpc) is 3.46. The van der Waals surface area contributed by atoms with E-state index in [-0.39, 0.29) is 23.3 Å². The monoisotopic (exact) mass is 643 g/mol. The molecule has 4 rings (SSSR count). The Labute approximate surface area is 221 Å². The Hall–Kier alpha value is -1.42. The van der Waals surface area contributed by atoms with Crippen LogP contribution in [0.15, 0.2) is 11.3 Å². The summed E-state index contributed by atoms with van der Waals surface area (Å²) in [5.41, 5.74) is 6.12. The molecule has 2 saturated heterocycles. The lowest BCUT2D eigenvalue weighted by molar-refractivity contribution is -0.0687. The molecule has 21 nitrogen and oxygen atoms in total. The van der Waals surface area contributed by atoms with Crippen molar-refractivity contribution >= 4 is 29.3 Å². The third-order valence-corrected chi connectivity index (χ3v) is 9.71. The first kappa shape index (κ1) is 31.5. The van der Waals surface area contributed by atoms with Crippen LogP contribution in [0.2, 0.25) is 0 Å². The Balaban J connectivity index is 1.47. The molecule has 0 amide bonds. The molecule has 4 heterocycles. The van der Waals surface area contributed by atoms with Crippen molar-refractivity contribution in [3.05, 3.63) is 17.2 Å². The van der Waals surface area contributed by atoms with E-state index in [4.69, 9.17) is 25.0 Å². The van der Waals surface area contributed by atoms with Crippen LogP contribution in [0.3, 0.4) is 0 Å². The van der Waals surface area contributed by atoms with E-state index in [9.17, 15) is 48.3 Å². The lowest BCUT2D eigenvalue weighted by atomic mass is 10.1. The molecule has 2 fully saturated rings. The number of halogens is 1. The van der Waals surface area contributed by atoms with Crippen LogP contribution in [-0.2, 0) is 36.3 Å². The Kier molecular flexibility index (Phi) is 8.94. The van der Waals surface area contributed by atoms with Gasteiger partial charge in [0, 0.05) is 0 Å². The molecular weight excluding hydrogens is 618 g/mol. The summed E-state index contributed by atoms with van der Waals surface area (Å²) >= 11 is 0. The van der Waals surface area contributed by atoms with Crippen LogP contribution < -0.4 is 16.6 Å². The third-order valence-electron chi connectivity index (χ3n) is 5.90. The molecule has 40 heavy (non-hydrogen) atoms. The van der Waals surface area contributed by atoms with Crippen molar-refractivity contribution in [1.29, 1.82) is 0 Å². The molecule has 0 radical (unpaired) electrons. The Bertz CT molecular complexity index is 1380. The van der Waals surface area contributed by atoms with Crippen LogP contribution in [0.5, 0.6) is 0 Å². The van der Waals surface area contributed by atoms with Crippen LogP contribution >= 0.6 is 23.5 Å². The number of rotatable bonds is 10. The standard InChI is InChI=1S/C15H25FN5O16P3/c16-7-9(23)5(1-22)34-14(7)20-4-19-13-8(12(20)17)18-3-21(13)15-11(25)10(24)6(35-15)2-33-39(29,30)37-40(31,32)36-38(26,27)28/h3,5-7,9-11,14-15,22-25H,1-2,4,17H2,(H,29,30)(H,31,32)(H2,26,27,28)/t5-,6-,7+,9-,10-,11-,14-,15-/m1/s1. The summed E-state index contributed by atoms with van der Waals surface area (Å²) in [4.78, 5) is 45.4. The average molecular weight is 643 g/mol. The molecule has 3 aliphatic heterocycles. The smallest absolute Gasteiger partial charge is 0.394 e. The molecule has 0 bridgehead atoms. The lowest BCUT2D eigenvalue weighted by Gasteiger charge is -2.31. The lowest BCUT2D eigenvalue weighted by Crippen LogP contribution is -2.52. The van der Waals surface area contributed by atoms with E-state index in [1.807, 2.05) is 0 Å². The van der Waals surface area contributed by atoms with Crippen LogP contribution in [0.25, 0.3) is 5.82 Å². The van der Waals surface area contributed by atoms with Gasteiger partial charge in [-0.3, -0.25) is 9.09 Å². The number of imidazole rings is 1. The van der Waals surface area contributed by atoms with E-state index in [0.29, 0.717) is 0 Å². The number of ether oxygens (including phenoxy) is 2. The summed E-state index contributed by atoms with van der Waals surface area (Å²) in [6, 6.07) is 0. The second-order valence-electron chi connectivity index (χ2n) is 8.59. The van der Waals surface area contributed by atoms with Crippen molar-refractivity contribution in [3.63, 3.8) is 0 Å². The summed E-state index contributed by atoms with van der Waals surface area (Å²) < 4.78 is 72.3. The van der Waals surface area contributed by atoms with E-state index < -0.39 is 85.8 Å². The van der Waals surface area contributed by atoms with E-state index in [1.54, 1.807) is 0 Å². The number of aliphatic hydroxyl groups is 4. The molecule has 0 saturated carbocycles. The number of aromatic nitrogens is 2. The summed E-state index contributed by atoms with van der Waals surface area (Å²) in [5, 5.41) is 40.0. The minimum atomic E-state index is -5.78. The van der Waals surface area contributed by atoms with Crippen molar-refractivity contribution in [3.8, 4) is 0 Å². The number of phosphoric acid groups is 3. The van der Waals surface area contributed by atoms with Crippen molar-refractivity contribution < 1.29 is 80.7 Å². The van der Waals surface area contributed by atoms with E-state index >= 15 is 0 Å². The van der Waals surface area contributed by atoms with Crippen LogP contribution in [0.4, 0.5) is 4.39 Å². The predicted octanol–water partition coefficient (Wildman–Crippen LogP) is -4.82. The Morgan fingerprint density at radius 2 is 1.65 bits per heavy atom. The molecule has 0 spiro atoms. The number of alkyl halides is 1. The normalized spacial score (nSPS) is 35.7. The Morgan fingerprint density at radius 3 is 2.25 bits per heavy atom. The van der Waals surface area contributed by atoms with Gasteiger partial charge in [0.2, 0.25) is 0 Å². The number of hydrogen-bond donors (Lipinski definition) is 9. The number of hydrogen-bond acceptors (Lipinski definition) is 16. The van der Waals surface area contributed by atoms with Gasteiger partial charge in [-0.05, 0) is 0 Å². The van der Waals surface area contributed by atoms with Gasteiger partial charge in [-0.25, -0.2) is 28.1 Å². The summed E-state index contributed by atoms with van der Waals surface area (Å²) in [7, 11) is -16.9. The van der Waals surface area contributed by atoms with Gasteiger partial charge in [-0.1, -0.05) is 0 Å². The van der Waals surface area contributed by atoms with Gasteiger partial charge in [0.15, 0.2) is 24.1 Å². The predicted molar refractivity (Wildman–Crippen MR) is 120 cm³/mol. The number of nitrogens with two attached hydrogens (primary N) is 1. The molecule has 228 valence electrons. The van der Waals surface area contributed by atoms with Gasteiger partial charge >= 0.3 is 23.5 Å². The number of aliphatic hydroxyl groups excluding tert-OH is 4. The summed E-state index contributed by atoms with van der Waals surface area (Å²) in [6.07, 6.45) is -11.6. The maximum absolute atomic E-state index is 14.6. The highest BCUT2D eigenvalue weighted by Crippen LogP contribution is 2.66. The highest BCUT2D eigenvalue weighted by molar-refractivity contribution is 7.66. The second-order valence-corrected chi connectivity index (χ2v) is 13.0. The first-order chi connectivity index (χ1) is 18.4. The zero-order valence-corrected chi connectivity index (χ0v) is 22.4. The minimum absolute atomic E-state index is 0.00574.